The molecule has 0 unspecified atom stereocenters. The van der Waals surface area contributed by atoms with Crippen molar-refractivity contribution in [3.63, 3.8) is 0 Å². The van der Waals surface area contributed by atoms with Crippen molar-refractivity contribution in [2.45, 2.75) is 12.6 Å². The number of alkyl halides is 3. The molecule has 1 heterocycles. The summed E-state index contributed by atoms with van der Waals surface area (Å²) < 4.78 is 44.1. The number of amides is 1. The van der Waals surface area contributed by atoms with Gasteiger partial charge in [0.15, 0.2) is 0 Å². The minimum Gasteiger partial charge on any atom is -0.378 e. The van der Waals surface area contributed by atoms with E-state index in [9.17, 15) is 18.0 Å². The zero-order chi connectivity index (χ0) is 16.9. The summed E-state index contributed by atoms with van der Waals surface area (Å²) in [5.74, 6) is 0.339. The average molecular weight is 348 g/mol. The highest BCUT2D eigenvalue weighted by Crippen LogP contribution is 2.35. The highest BCUT2D eigenvalue weighted by atomic mass is 32.2. The van der Waals surface area contributed by atoms with Gasteiger partial charge in [-0.1, -0.05) is 0 Å². The Balaban J connectivity index is 2.27. The number of halogens is 3. The predicted molar refractivity (Wildman–Crippen MR) is 86.1 cm³/mol. The number of ether oxygens (including phenoxy) is 1. The van der Waals surface area contributed by atoms with Gasteiger partial charge >= 0.3 is 6.18 Å². The van der Waals surface area contributed by atoms with Gasteiger partial charge in [0.25, 0.3) is 0 Å². The number of hydrogen-bond donors (Lipinski definition) is 1. The van der Waals surface area contributed by atoms with Crippen LogP contribution < -0.4 is 10.2 Å². The van der Waals surface area contributed by atoms with Crippen molar-refractivity contribution in [1.29, 1.82) is 0 Å². The Morgan fingerprint density at radius 2 is 2.04 bits per heavy atom. The van der Waals surface area contributed by atoms with Crippen LogP contribution in [0, 0.1) is 0 Å². The van der Waals surface area contributed by atoms with Gasteiger partial charge in [-0.15, -0.1) is 0 Å². The van der Waals surface area contributed by atoms with E-state index in [1.807, 2.05) is 11.2 Å². The SMILES string of the molecule is CSCCC(=O)Nc1cc(C(F)(F)F)ccc1N1CCOCC1. The van der Waals surface area contributed by atoms with E-state index in [4.69, 9.17) is 4.74 Å². The number of nitrogens with one attached hydrogen (secondary N) is 1. The van der Waals surface area contributed by atoms with Gasteiger partial charge in [0.2, 0.25) is 5.91 Å². The molecule has 1 N–H and O–H groups in total. The van der Waals surface area contributed by atoms with E-state index in [0.717, 1.165) is 12.1 Å². The molecular weight excluding hydrogens is 329 g/mol. The van der Waals surface area contributed by atoms with Crippen molar-refractivity contribution >= 4 is 29.0 Å². The van der Waals surface area contributed by atoms with E-state index in [1.54, 1.807) is 0 Å². The maximum absolute atomic E-state index is 12.9. The van der Waals surface area contributed by atoms with Crippen LogP contribution in [0.5, 0.6) is 0 Å². The highest BCUT2D eigenvalue weighted by molar-refractivity contribution is 7.98. The molecule has 2 rings (SSSR count). The lowest BCUT2D eigenvalue weighted by atomic mass is 10.1. The van der Waals surface area contributed by atoms with Crippen LogP contribution in [0.3, 0.4) is 0 Å². The van der Waals surface area contributed by atoms with Gasteiger partial charge in [0.05, 0.1) is 30.2 Å². The minimum atomic E-state index is -4.44. The molecule has 1 aliphatic heterocycles. The minimum absolute atomic E-state index is 0.202. The molecule has 128 valence electrons. The fraction of sp³-hybridized carbons (Fsp3) is 0.533. The molecule has 1 saturated heterocycles. The number of hydrogen-bond acceptors (Lipinski definition) is 4. The monoisotopic (exact) mass is 348 g/mol. The number of benzene rings is 1. The molecule has 1 aliphatic rings. The lowest BCUT2D eigenvalue weighted by Crippen LogP contribution is -2.36. The lowest BCUT2D eigenvalue weighted by molar-refractivity contribution is -0.137. The van der Waals surface area contributed by atoms with Gasteiger partial charge in [-0.05, 0) is 24.5 Å². The Labute approximate surface area is 137 Å². The van der Waals surface area contributed by atoms with Gasteiger partial charge in [0, 0.05) is 25.3 Å². The summed E-state index contributed by atoms with van der Waals surface area (Å²) in [4.78, 5) is 13.8. The fourth-order valence-corrected chi connectivity index (χ4v) is 2.69. The number of thioether (sulfide) groups is 1. The third kappa shape index (κ3) is 5.04. The Kier molecular flexibility index (Phi) is 6.17. The molecule has 1 amide bonds. The Hall–Kier alpha value is -1.41. The second kappa shape index (κ2) is 7.92. The fourth-order valence-electron chi connectivity index (χ4n) is 2.30. The third-order valence-electron chi connectivity index (χ3n) is 3.48. The molecule has 1 aromatic rings. The lowest BCUT2D eigenvalue weighted by Gasteiger charge is -2.31. The number of morpholine rings is 1. The Bertz CT molecular complexity index is 546. The molecule has 0 saturated carbocycles. The Morgan fingerprint density at radius 3 is 2.65 bits per heavy atom. The molecule has 1 aromatic carbocycles. The number of rotatable bonds is 5. The second-order valence-electron chi connectivity index (χ2n) is 5.12. The first kappa shape index (κ1) is 17.9. The number of anilines is 2. The zero-order valence-corrected chi connectivity index (χ0v) is 13.6. The molecule has 0 aliphatic carbocycles. The summed E-state index contributed by atoms with van der Waals surface area (Å²) in [6, 6.07) is 3.46. The van der Waals surface area contributed by atoms with Crippen molar-refractivity contribution in [3.8, 4) is 0 Å². The first-order chi connectivity index (χ1) is 10.9. The predicted octanol–water partition coefficient (Wildman–Crippen LogP) is 3.23. The van der Waals surface area contributed by atoms with E-state index < -0.39 is 11.7 Å². The van der Waals surface area contributed by atoms with Crippen molar-refractivity contribution in [2.75, 3.05) is 48.5 Å². The normalized spacial score (nSPS) is 15.6. The molecule has 0 atom stereocenters. The molecular formula is C15H19F3N2O2S. The number of carbonyl (C=O) groups is 1. The van der Waals surface area contributed by atoms with Crippen LogP contribution in [0.15, 0.2) is 18.2 Å². The van der Waals surface area contributed by atoms with Gasteiger partial charge < -0.3 is 15.0 Å². The molecule has 23 heavy (non-hydrogen) atoms. The molecule has 8 heteroatoms. The van der Waals surface area contributed by atoms with Crippen LogP contribution in [0.1, 0.15) is 12.0 Å². The van der Waals surface area contributed by atoms with Crippen molar-refractivity contribution in [3.05, 3.63) is 23.8 Å². The molecule has 0 radical (unpaired) electrons. The first-order valence-corrected chi connectivity index (χ1v) is 8.64. The zero-order valence-electron chi connectivity index (χ0n) is 12.8. The van der Waals surface area contributed by atoms with E-state index in [0.29, 0.717) is 37.7 Å². The highest BCUT2D eigenvalue weighted by Gasteiger charge is 2.31. The standard InChI is InChI=1S/C15H19F3N2O2S/c1-23-9-4-14(21)19-12-10-11(15(16,17)18)2-3-13(12)20-5-7-22-8-6-20/h2-3,10H,4-9H2,1H3,(H,19,21). The topological polar surface area (TPSA) is 41.6 Å². The van der Waals surface area contributed by atoms with Crippen LogP contribution in [0.4, 0.5) is 24.5 Å². The number of carbonyl (C=O) groups excluding carboxylic acids is 1. The smallest absolute Gasteiger partial charge is 0.378 e. The summed E-state index contributed by atoms with van der Waals surface area (Å²) in [7, 11) is 0. The van der Waals surface area contributed by atoms with E-state index in [-0.39, 0.29) is 18.0 Å². The summed E-state index contributed by atoms with van der Waals surface area (Å²) in [5, 5.41) is 2.62. The van der Waals surface area contributed by atoms with Gasteiger partial charge in [-0.3, -0.25) is 4.79 Å². The van der Waals surface area contributed by atoms with Crippen LogP contribution in [-0.2, 0) is 15.7 Å². The van der Waals surface area contributed by atoms with Crippen LogP contribution >= 0.6 is 11.8 Å². The van der Waals surface area contributed by atoms with Gasteiger partial charge in [-0.25, -0.2) is 0 Å². The number of nitrogens with zero attached hydrogens (tertiary/aromatic N) is 1. The quantitative estimate of drug-likeness (QED) is 0.887. The van der Waals surface area contributed by atoms with Gasteiger partial charge in [0.1, 0.15) is 0 Å². The summed E-state index contributed by atoms with van der Waals surface area (Å²) in [5.41, 5.74) is 0.0290. The molecule has 0 aromatic heterocycles. The molecule has 0 spiro atoms. The third-order valence-corrected chi connectivity index (χ3v) is 4.10. The summed E-state index contributed by atoms with van der Waals surface area (Å²) in [6.45, 7) is 2.19. The van der Waals surface area contributed by atoms with Gasteiger partial charge in [-0.2, -0.15) is 24.9 Å². The summed E-state index contributed by atoms with van der Waals surface area (Å²) >= 11 is 1.51. The van der Waals surface area contributed by atoms with Crippen molar-refractivity contribution in [2.24, 2.45) is 0 Å². The van der Waals surface area contributed by atoms with Crippen LogP contribution in [0.2, 0.25) is 0 Å². The maximum atomic E-state index is 12.9. The first-order valence-electron chi connectivity index (χ1n) is 7.24. The van der Waals surface area contributed by atoms with Crippen LogP contribution in [0.25, 0.3) is 0 Å². The molecule has 1 fully saturated rings. The van der Waals surface area contributed by atoms with E-state index in [1.165, 1.54) is 17.8 Å². The average Bonchev–Trinajstić information content (AvgIpc) is 2.53. The largest absolute Gasteiger partial charge is 0.416 e. The molecule has 0 bridgehead atoms. The van der Waals surface area contributed by atoms with Crippen molar-refractivity contribution < 1.29 is 22.7 Å². The maximum Gasteiger partial charge on any atom is 0.416 e. The van der Waals surface area contributed by atoms with Crippen molar-refractivity contribution in [1.82, 2.24) is 0 Å². The van der Waals surface area contributed by atoms with E-state index in [2.05, 4.69) is 5.32 Å². The summed E-state index contributed by atoms with van der Waals surface area (Å²) in [6.07, 6.45) is -2.31. The second-order valence-corrected chi connectivity index (χ2v) is 6.11. The Morgan fingerprint density at radius 1 is 1.35 bits per heavy atom. The van der Waals surface area contributed by atoms with E-state index >= 15 is 0 Å². The van der Waals surface area contributed by atoms with Crippen LogP contribution in [-0.4, -0.2) is 44.2 Å². The molecule has 4 nitrogen and oxygen atoms in total.